The van der Waals surface area contributed by atoms with Crippen LogP contribution in [0, 0.1) is 5.95 Å². The summed E-state index contributed by atoms with van der Waals surface area (Å²) in [5.41, 5.74) is -0.917. The van der Waals surface area contributed by atoms with E-state index < -0.39 is 17.6 Å². The molecule has 11 heavy (non-hydrogen) atoms. The maximum atomic E-state index is 12.4. The van der Waals surface area contributed by atoms with Crippen molar-refractivity contribution in [3.8, 4) is 0 Å². The van der Waals surface area contributed by atoms with Gasteiger partial charge >= 0.3 is 0 Å². The average molecular weight is 162 g/mol. The van der Waals surface area contributed by atoms with Crippen LogP contribution < -0.4 is 0 Å². The van der Waals surface area contributed by atoms with Crippen LogP contribution in [0.5, 0.6) is 0 Å². The first-order chi connectivity index (χ1) is 5.02. The number of aromatic nitrogens is 2. The highest BCUT2D eigenvalue weighted by Gasteiger charge is 2.30. The Kier molecular flexibility index (Phi) is 1.80. The van der Waals surface area contributed by atoms with Crippen molar-refractivity contribution >= 4 is 0 Å². The molecule has 0 aromatic carbocycles. The van der Waals surface area contributed by atoms with Crippen molar-refractivity contribution in [2.24, 2.45) is 0 Å². The van der Waals surface area contributed by atoms with Crippen LogP contribution in [0.3, 0.4) is 0 Å². The van der Waals surface area contributed by atoms with E-state index in [1.165, 1.54) is 0 Å². The molecule has 0 aliphatic rings. The molecule has 60 valence electrons. The van der Waals surface area contributed by atoms with E-state index in [0.29, 0.717) is 6.92 Å². The van der Waals surface area contributed by atoms with Crippen LogP contribution in [0.1, 0.15) is 12.6 Å². The second-order valence-electron chi connectivity index (χ2n) is 2.08. The molecule has 0 radical (unpaired) electrons. The van der Waals surface area contributed by atoms with Gasteiger partial charge in [0, 0.05) is 19.3 Å². The predicted molar refractivity (Wildman–Crippen MR) is 31.6 cm³/mol. The van der Waals surface area contributed by atoms with Gasteiger partial charge in [0.05, 0.1) is 0 Å². The molecular weight excluding hydrogens is 157 g/mol. The zero-order chi connectivity index (χ0) is 8.48. The molecule has 0 fully saturated rings. The quantitative estimate of drug-likeness (QED) is 0.628. The van der Waals surface area contributed by atoms with Gasteiger partial charge in [0.1, 0.15) is 0 Å². The third kappa shape index (κ3) is 1.66. The Morgan fingerprint density at radius 3 is 2.18 bits per heavy atom. The second-order valence-corrected chi connectivity index (χ2v) is 2.08. The van der Waals surface area contributed by atoms with Crippen LogP contribution in [-0.2, 0) is 5.92 Å². The highest BCUT2D eigenvalue weighted by Crippen LogP contribution is 2.25. The molecule has 5 heteroatoms. The van der Waals surface area contributed by atoms with Gasteiger partial charge in [0.2, 0.25) is 5.95 Å². The lowest BCUT2D eigenvalue weighted by molar-refractivity contribution is 0.00786. The molecule has 1 aromatic rings. The monoisotopic (exact) mass is 162 g/mol. The van der Waals surface area contributed by atoms with E-state index in [9.17, 15) is 13.2 Å². The van der Waals surface area contributed by atoms with E-state index >= 15 is 0 Å². The molecule has 1 heterocycles. The lowest BCUT2D eigenvalue weighted by Gasteiger charge is -2.07. The van der Waals surface area contributed by atoms with Gasteiger partial charge in [-0.1, -0.05) is 0 Å². The zero-order valence-corrected chi connectivity index (χ0v) is 5.68. The molecular formula is C6H5F3N2. The average Bonchev–Trinajstić information content (AvgIpc) is 1.86. The fourth-order valence-corrected chi connectivity index (χ4v) is 0.616. The van der Waals surface area contributed by atoms with E-state index in [1.807, 2.05) is 0 Å². The predicted octanol–water partition coefficient (Wildman–Crippen LogP) is 1.73. The van der Waals surface area contributed by atoms with Crippen LogP contribution in [-0.4, -0.2) is 9.97 Å². The van der Waals surface area contributed by atoms with E-state index in [1.54, 1.807) is 0 Å². The molecule has 2 nitrogen and oxygen atoms in total. The third-order valence-electron chi connectivity index (χ3n) is 1.07. The lowest BCUT2D eigenvalue weighted by Crippen LogP contribution is -2.13. The Morgan fingerprint density at radius 1 is 1.27 bits per heavy atom. The lowest BCUT2D eigenvalue weighted by atomic mass is 10.3. The summed E-state index contributed by atoms with van der Waals surface area (Å²) < 4.78 is 37.2. The van der Waals surface area contributed by atoms with E-state index in [-0.39, 0.29) is 0 Å². The van der Waals surface area contributed by atoms with Crippen molar-refractivity contribution < 1.29 is 13.2 Å². The summed E-state index contributed by atoms with van der Waals surface area (Å²) in [6, 6.07) is 0. The van der Waals surface area contributed by atoms with Crippen LogP contribution >= 0.6 is 0 Å². The third-order valence-corrected chi connectivity index (χ3v) is 1.07. The summed E-state index contributed by atoms with van der Waals surface area (Å²) in [4.78, 5) is 6.20. The Balaban J connectivity index is 3.14. The summed E-state index contributed by atoms with van der Waals surface area (Å²) in [5.74, 6) is -4.49. The van der Waals surface area contributed by atoms with Crippen LogP contribution in [0.25, 0.3) is 0 Å². The minimum Gasteiger partial charge on any atom is -0.249 e. The second kappa shape index (κ2) is 2.48. The fraction of sp³-hybridized carbons (Fsp3) is 0.333. The standard InChI is InChI=1S/C6H5F3N2/c1-6(8,9)4-5(7)11-3-2-10-4/h2-3H,1H3. The first-order valence-electron chi connectivity index (χ1n) is 2.86. The molecule has 0 aliphatic heterocycles. The number of nitrogens with zero attached hydrogens (tertiary/aromatic N) is 2. The smallest absolute Gasteiger partial charge is 0.249 e. The minimum atomic E-state index is -3.27. The number of hydrogen-bond donors (Lipinski definition) is 0. The Hall–Kier alpha value is -1.13. The Morgan fingerprint density at radius 2 is 1.82 bits per heavy atom. The molecule has 0 N–H and O–H groups in total. The van der Waals surface area contributed by atoms with Gasteiger partial charge in [-0.15, -0.1) is 0 Å². The van der Waals surface area contributed by atoms with Gasteiger partial charge in [-0.25, -0.2) is 9.97 Å². The highest BCUT2D eigenvalue weighted by molar-refractivity contribution is 5.04. The SMILES string of the molecule is CC(F)(F)c1nccnc1F. The van der Waals surface area contributed by atoms with E-state index in [4.69, 9.17) is 0 Å². The fourth-order valence-electron chi connectivity index (χ4n) is 0.616. The van der Waals surface area contributed by atoms with Gasteiger partial charge in [-0.3, -0.25) is 0 Å². The highest BCUT2D eigenvalue weighted by atomic mass is 19.3. The minimum absolute atomic E-state index is 0.570. The van der Waals surface area contributed by atoms with Gasteiger partial charge in [0.15, 0.2) is 5.69 Å². The molecule has 0 aliphatic carbocycles. The summed E-state index contributed by atoms with van der Waals surface area (Å²) in [6.07, 6.45) is 2.04. The number of halogens is 3. The number of rotatable bonds is 1. The molecule has 1 aromatic heterocycles. The molecule has 0 amide bonds. The Bertz CT molecular complexity index is 256. The Labute approximate surface area is 61.1 Å². The van der Waals surface area contributed by atoms with Crippen molar-refractivity contribution in [2.45, 2.75) is 12.8 Å². The molecule has 0 atom stereocenters. The summed E-state index contributed by atoms with van der Waals surface area (Å²) >= 11 is 0. The molecule has 0 spiro atoms. The summed E-state index contributed by atoms with van der Waals surface area (Å²) in [7, 11) is 0. The maximum Gasteiger partial charge on any atom is 0.291 e. The van der Waals surface area contributed by atoms with Gasteiger partial charge in [-0.05, 0) is 0 Å². The maximum absolute atomic E-state index is 12.4. The van der Waals surface area contributed by atoms with Crippen LogP contribution in [0.4, 0.5) is 13.2 Å². The molecule has 0 unspecified atom stereocenters. The zero-order valence-electron chi connectivity index (χ0n) is 5.68. The van der Waals surface area contributed by atoms with Crippen molar-refractivity contribution in [3.05, 3.63) is 24.0 Å². The number of hydrogen-bond acceptors (Lipinski definition) is 2. The molecule has 0 saturated heterocycles. The van der Waals surface area contributed by atoms with Crippen molar-refractivity contribution in [2.75, 3.05) is 0 Å². The summed E-state index contributed by atoms with van der Waals surface area (Å²) in [5, 5.41) is 0. The summed E-state index contributed by atoms with van der Waals surface area (Å²) in [6.45, 7) is 0.570. The van der Waals surface area contributed by atoms with Gasteiger partial charge < -0.3 is 0 Å². The topological polar surface area (TPSA) is 25.8 Å². The van der Waals surface area contributed by atoms with Crippen molar-refractivity contribution in [1.29, 1.82) is 0 Å². The molecule has 1 rings (SSSR count). The van der Waals surface area contributed by atoms with Gasteiger partial charge in [0.25, 0.3) is 5.92 Å². The number of alkyl halides is 2. The normalized spacial score (nSPS) is 11.6. The van der Waals surface area contributed by atoms with Crippen molar-refractivity contribution in [1.82, 2.24) is 9.97 Å². The van der Waals surface area contributed by atoms with E-state index in [2.05, 4.69) is 9.97 Å². The molecule has 0 bridgehead atoms. The van der Waals surface area contributed by atoms with Crippen LogP contribution in [0.15, 0.2) is 12.4 Å². The largest absolute Gasteiger partial charge is 0.291 e. The molecule has 0 saturated carbocycles. The first-order valence-corrected chi connectivity index (χ1v) is 2.86. The van der Waals surface area contributed by atoms with Crippen LogP contribution in [0.2, 0.25) is 0 Å². The van der Waals surface area contributed by atoms with Gasteiger partial charge in [-0.2, -0.15) is 13.2 Å². The van der Waals surface area contributed by atoms with E-state index in [0.717, 1.165) is 12.4 Å². The first kappa shape index (κ1) is 7.97. The van der Waals surface area contributed by atoms with Crippen molar-refractivity contribution in [3.63, 3.8) is 0 Å².